The van der Waals surface area contributed by atoms with Crippen molar-refractivity contribution in [2.45, 2.75) is 12.6 Å². The Balaban J connectivity index is -0.000000180. The fourth-order valence-corrected chi connectivity index (χ4v) is 0.433. The third-order valence-electron chi connectivity index (χ3n) is 0.986. The Labute approximate surface area is 79.7 Å². The van der Waals surface area contributed by atoms with Gasteiger partial charge < -0.3 is 30.0 Å². The Morgan fingerprint density at radius 2 is 1.67 bits per heavy atom. The quantitative estimate of drug-likeness (QED) is 0.256. The first-order valence-corrected chi connectivity index (χ1v) is 2.49. The van der Waals surface area contributed by atoms with Crippen LogP contribution in [-0.2, 0) is 0 Å². The molecule has 0 aromatic rings. The van der Waals surface area contributed by atoms with Crippen molar-refractivity contribution >= 4 is 23.1 Å². The van der Waals surface area contributed by atoms with Gasteiger partial charge >= 0.3 is 23.1 Å². The van der Waals surface area contributed by atoms with Crippen molar-refractivity contribution in [2.24, 2.45) is 0 Å². The zero-order valence-electron chi connectivity index (χ0n) is 6.08. The van der Waals surface area contributed by atoms with Crippen molar-refractivity contribution in [3.8, 4) is 0 Å². The molecule has 0 atom stereocenters. The monoisotopic (exact) mass is 160 g/mol. The normalized spacial score (nSPS) is 8.00. The zero-order valence-corrected chi connectivity index (χ0v) is 8.25. The van der Waals surface area contributed by atoms with E-state index in [2.05, 4.69) is 17.6 Å². The molecule has 2 N–H and O–H groups in total. The molecule has 2 nitrogen and oxygen atoms in total. The van der Waals surface area contributed by atoms with E-state index in [9.17, 15) is 0 Å². The van der Waals surface area contributed by atoms with Crippen molar-refractivity contribution in [3.63, 3.8) is 0 Å². The van der Waals surface area contributed by atoms with Crippen molar-refractivity contribution in [1.82, 2.24) is 10.6 Å². The fourth-order valence-electron chi connectivity index (χ4n) is 0.433. The molecule has 0 heterocycles. The van der Waals surface area contributed by atoms with Crippen LogP contribution in [0.4, 0.5) is 0 Å². The van der Waals surface area contributed by atoms with Gasteiger partial charge in [0.15, 0.2) is 0 Å². The van der Waals surface area contributed by atoms with Crippen LogP contribution in [-0.4, -0.2) is 43.3 Å². The van der Waals surface area contributed by atoms with Crippen LogP contribution < -0.4 is 23.0 Å². The molecule has 0 aliphatic heterocycles. The molecule has 0 aromatic heterocycles. The summed E-state index contributed by atoms with van der Waals surface area (Å²) in [5.74, 6) is 0. The van der Waals surface area contributed by atoms with Crippen LogP contribution in [0.15, 0.2) is 0 Å². The van der Waals surface area contributed by atoms with Crippen LogP contribution in [0.2, 0.25) is 0 Å². The van der Waals surface area contributed by atoms with E-state index in [1.807, 2.05) is 14.1 Å². The van der Waals surface area contributed by atoms with Gasteiger partial charge in [-0.1, -0.05) is 0 Å². The zero-order chi connectivity index (χ0) is 5.70. The van der Waals surface area contributed by atoms with Crippen molar-refractivity contribution in [3.05, 3.63) is 6.92 Å². The SMILES string of the molecule is [CH2-]CC(NC)NC.[Cl-].[Mg+2]. The number of hydrogen-bond donors (Lipinski definition) is 2. The summed E-state index contributed by atoms with van der Waals surface area (Å²) >= 11 is 0. The van der Waals surface area contributed by atoms with Gasteiger partial charge in [-0.3, -0.25) is 0 Å². The first kappa shape index (κ1) is 16.5. The van der Waals surface area contributed by atoms with Crippen LogP contribution in [0.5, 0.6) is 0 Å². The molecule has 0 fully saturated rings. The summed E-state index contributed by atoms with van der Waals surface area (Å²) in [6.07, 6.45) is 1.26. The van der Waals surface area contributed by atoms with E-state index in [0.717, 1.165) is 6.42 Å². The molecule has 0 spiro atoms. The maximum Gasteiger partial charge on any atom is 2.00 e. The van der Waals surface area contributed by atoms with Crippen molar-refractivity contribution in [2.75, 3.05) is 14.1 Å². The van der Waals surface area contributed by atoms with Gasteiger partial charge in [0.25, 0.3) is 0 Å². The van der Waals surface area contributed by atoms with Crippen molar-refractivity contribution < 1.29 is 12.4 Å². The molecule has 0 aliphatic carbocycles. The van der Waals surface area contributed by atoms with E-state index in [-0.39, 0.29) is 35.5 Å². The molecule has 0 aromatic carbocycles. The second kappa shape index (κ2) is 11.7. The van der Waals surface area contributed by atoms with Crippen molar-refractivity contribution in [1.29, 1.82) is 0 Å². The summed E-state index contributed by atoms with van der Waals surface area (Å²) in [5.41, 5.74) is 0. The summed E-state index contributed by atoms with van der Waals surface area (Å²) in [4.78, 5) is 0. The van der Waals surface area contributed by atoms with E-state index in [4.69, 9.17) is 0 Å². The van der Waals surface area contributed by atoms with Crippen LogP contribution in [0.1, 0.15) is 6.42 Å². The molecule has 9 heavy (non-hydrogen) atoms. The number of rotatable bonds is 3. The first-order chi connectivity index (χ1) is 3.35. The Morgan fingerprint density at radius 3 is 1.67 bits per heavy atom. The van der Waals surface area contributed by atoms with Crippen LogP contribution in [0.3, 0.4) is 0 Å². The van der Waals surface area contributed by atoms with Gasteiger partial charge in [-0.2, -0.15) is 6.42 Å². The molecule has 52 valence electrons. The minimum absolute atomic E-state index is 0. The smallest absolute Gasteiger partial charge is 1.00 e. The molecule has 4 heteroatoms. The maximum absolute atomic E-state index is 3.70. The minimum Gasteiger partial charge on any atom is -1.00 e. The summed E-state index contributed by atoms with van der Waals surface area (Å²) < 4.78 is 0. The van der Waals surface area contributed by atoms with Gasteiger partial charge in [-0.25, -0.2) is 0 Å². The molecule has 0 amide bonds. The largest absolute Gasteiger partial charge is 2.00 e. The second-order valence-corrected chi connectivity index (χ2v) is 1.42. The molecule has 0 saturated heterocycles. The van der Waals surface area contributed by atoms with Gasteiger partial charge in [-0.15, -0.1) is 0 Å². The third-order valence-corrected chi connectivity index (χ3v) is 0.986. The van der Waals surface area contributed by atoms with Gasteiger partial charge in [0, 0.05) is 6.17 Å². The van der Waals surface area contributed by atoms with E-state index >= 15 is 0 Å². The Morgan fingerprint density at radius 1 is 1.33 bits per heavy atom. The number of halogens is 1. The fraction of sp³-hybridized carbons (Fsp3) is 0.800. The Hall–Kier alpha value is 0.976. The molecule has 0 unspecified atom stereocenters. The summed E-state index contributed by atoms with van der Waals surface area (Å²) in [6.45, 7) is 3.70. The maximum atomic E-state index is 3.70. The molecule has 0 aliphatic rings. The number of hydrogen-bond acceptors (Lipinski definition) is 2. The second-order valence-electron chi connectivity index (χ2n) is 1.42. The molecule has 0 bridgehead atoms. The van der Waals surface area contributed by atoms with Gasteiger partial charge in [0.2, 0.25) is 0 Å². The Kier molecular flexibility index (Phi) is 21.5. The van der Waals surface area contributed by atoms with Crippen LogP contribution in [0.25, 0.3) is 0 Å². The van der Waals surface area contributed by atoms with Gasteiger partial charge in [0.05, 0.1) is 0 Å². The standard InChI is InChI=1S/C5H13N2.ClH.Mg/c1-4-5(6-2)7-3;;/h5-7H,1,4H2,2-3H3;1H;/q-1;;+2/p-1. The molecule has 0 radical (unpaired) electrons. The third kappa shape index (κ3) is 8.98. The van der Waals surface area contributed by atoms with E-state index in [0.29, 0.717) is 6.17 Å². The predicted molar refractivity (Wildman–Crippen MR) is 37.6 cm³/mol. The molecular formula is C5H13ClMgN2. The van der Waals surface area contributed by atoms with E-state index in [1.54, 1.807) is 0 Å². The van der Waals surface area contributed by atoms with E-state index in [1.165, 1.54) is 0 Å². The Bertz CT molecular complexity index is 36.4. The summed E-state index contributed by atoms with van der Waals surface area (Å²) in [7, 11) is 3.82. The van der Waals surface area contributed by atoms with Gasteiger partial charge in [0.1, 0.15) is 0 Å². The predicted octanol–water partition coefficient (Wildman–Crippen LogP) is -3.40. The van der Waals surface area contributed by atoms with Crippen LogP contribution >= 0.6 is 0 Å². The molecule has 0 rings (SSSR count). The topological polar surface area (TPSA) is 24.1 Å². The first-order valence-electron chi connectivity index (χ1n) is 2.49. The summed E-state index contributed by atoms with van der Waals surface area (Å²) in [5, 5.41) is 6.06. The molecular weight excluding hydrogens is 148 g/mol. The summed E-state index contributed by atoms with van der Waals surface area (Å²) in [6, 6.07) is 0. The molecule has 0 saturated carbocycles. The van der Waals surface area contributed by atoms with Gasteiger partial charge in [-0.05, 0) is 14.1 Å². The average Bonchev–Trinajstić information content (AvgIpc) is 1.72. The van der Waals surface area contributed by atoms with Crippen LogP contribution in [0, 0.1) is 6.92 Å². The van der Waals surface area contributed by atoms with E-state index < -0.39 is 0 Å². The average molecular weight is 161 g/mol. The minimum atomic E-state index is 0. The number of nitrogens with one attached hydrogen (secondary N) is 2.